The van der Waals surface area contributed by atoms with Gasteiger partial charge in [0.1, 0.15) is 16.1 Å². The quantitative estimate of drug-likeness (QED) is 0.0898. The molecule has 0 bridgehead atoms. The van der Waals surface area contributed by atoms with Crippen LogP contribution in [-0.2, 0) is 36.9 Å². The van der Waals surface area contributed by atoms with Crippen LogP contribution in [0.5, 0.6) is 11.5 Å². The first-order valence-corrected chi connectivity index (χ1v) is 16.4. The number of nitrogens with zero attached hydrogens (tertiary/aromatic N) is 1. The molecule has 1 aliphatic rings. The Balaban J connectivity index is 1.59. The van der Waals surface area contributed by atoms with Gasteiger partial charge in [0.05, 0.1) is 24.0 Å². The van der Waals surface area contributed by atoms with Crippen LogP contribution in [0, 0.1) is 11.1 Å². The second-order valence-corrected chi connectivity index (χ2v) is 13.1. The molecule has 0 spiro atoms. The molecule has 1 aromatic heterocycles. The van der Waals surface area contributed by atoms with Gasteiger partial charge in [-0.05, 0) is 54.7 Å². The highest BCUT2D eigenvalue weighted by atomic mass is 35.5. The van der Waals surface area contributed by atoms with E-state index in [9.17, 15) is 45.2 Å². The molecule has 48 heavy (non-hydrogen) atoms. The number of benzene rings is 2. The molecule has 1 aliphatic carbocycles. The Morgan fingerprint density at radius 2 is 1.73 bits per heavy atom. The summed E-state index contributed by atoms with van der Waals surface area (Å²) in [6.45, 7) is -4.12. The Hall–Kier alpha value is -4.09. The summed E-state index contributed by atoms with van der Waals surface area (Å²) in [6, 6.07) is 5.36. The third-order valence-electron chi connectivity index (χ3n) is 6.57. The molecule has 2 aromatic carbocycles. The summed E-state index contributed by atoms with van der Waals surface area (Å²) in [5.41, 5.74) is -2.40. The number of hydrogen-bond acceptors (Lipinski definition) is 9. The number of rotatable bonds is 14. The molecule has 1 heterocycles. The van der Waals surface area contributed by atoms with Crippen molar-refractivity contribution in [1.29, 1.82) is 0 Å². The molecule has 0 saturated heterocycles. The Labute approximate surface area is 280 Å². The number of hydrogen-bond donors (Lipinski definition) is 1. The SMILES string of the molecule is CS(=O)(=O)Nc1cc(C(=O)OCC(=O)O[C@@H](Cc2c(Cl)c[n+]([O-])cc2Cl)c2ccc(OC(F)F)c(OCC3CC3)c2)cc(C(F)(F)F)c1. The molecule has 260 valence electrons. The van der Waals surface area contributed by atoms with Crippen LogP contribution in [0.2, 0.25) is 10.0 Å². The average molecular weight is 743 g/mol. The molecule has 1 fully saturated rings. The summed E-state index contributed by atoms with van der Waals surface area (Å²) >= 11 is 12.4. The van der Waals surface area contributed by atoms with E-state index in [4.69, 9.17) is 37.4 Å². The van der Waals surface area contributed by atoms with E-state index in [1.807, 2.05) is 4.72 Å². The lowest BCUT2D eigenvalue weighted by molar-refractivity contribution is -0.605. The number of carbonyl (C=O) groups excluding carboxylic acids is 2. The van der Waals surface area contributed by atoms with E-state index in [1.165, 1.54) is 12.1 Å². The summed E-state index contributed by atoms with van der Waals surface area (Å²) in [4.78, 5) is 25.6. The van der Waals surface area contributed by atoms with Crippen LogP contribution in [0.4, 0.5) is 27.6 Å². The van der Waals surface area contributed by atoms with Crippen molar-refractivity contribution >= 4 is 50.9 Å². The van der Waals surface area contributed by atoms with Gasteiger partial charge in [-0.25, -0.2) is 18.0 Å². The van der Waals surface area contributed by atoms with Crippen LogP contribution in [0.3, 0.4) is 0 Å². The summed E-state index contributed by atoms with van der Waals surface area (Å²) in [5, 5.41) is 11.5. The van der Waals surface area contributed by atoms with Gasteiger partial charge < -0.3 is 24.2 Å². The fourth-order valence-electron chi connectivity index (χ4n) is 4.24. The number of esters is 2. The molecule has 0 amide bonds. The maximum atomic E-state index is 13.4. The van der Waals surface area contributed by atoms with E-state index in [2.05, 4.69) is 4.74 Å². The minimum Gasteiger partial charge on any atom is -0.619 e. The molecule has 0 radical (unpaired) electrons. The summed E-state index contributed by atoms with van der Waals surface area (Å²) in [6.07, 6.45) is -2.17. The Bertz CT molecular complexity index is 1770. The molecule has 11 nitrogen and oxygen atoms in total. The maximum absolute atomic E-state index is 13.4. The molecular formula is C29H25Cl2F5N2O9S. The number of sulfonamides is 1. The van der Waals surface area contributed by atoms with Crippen LogP contribution < -0.4 is 18.9 Å². The Morgan fingerprint density at radius 3 is 2.31 bits per heavy atom. The van der Waals surface area contributed by atoms with Crippen LogP contribution in [0.25, 0.3) is 0 Å². The number of nitrogens with one attached hydrogen (secondary N) is 1. The highest BCUT2D eigenvalue weighted by Crippen LogP contribution is 2.38. The number of aromatic nitrogens is 1. The number of anilines is 1. The van der Waals surface area contributed by atoms with Gasteiger partial charge in [-0.3, -0.25) is 4.72 Å². The monoisotopic (exact) mass is 742 g/mol. The molecule has 1 atom stereocenters. The highest BCUT2D eigenvalue weighted by Gasteiger charge is 2.33. The first-order chi connectivity index (χ1) is 22.4. The van der Waals surface area contributed by atoms with E-state index in [1.54, 1.807) is 0 Å². The van der Waals surface area contributed by atoms with Crippen molar-refractivity contribution in [2.24, 2.45) is 5.92 Å². The molecular weight excluding hydrogens is 718 g/mol. The number of ether oxygens (including phenoxy) is 4. The summed E-state index contributed by atoms with van der Waals surface area (Å²) < 4.78 is 112. The molecule has 19 heteroatoms. The lowest BCUT2D eigenvalue weighted by atomic mass is 10.0. The normalized spacial score (nSPS) is 13.9. The van der Waals surface area contributed by atoms with Crippen LogP contribution in [-0.4, -0.2) is 46.4 Å². The number of alkyl halides is 5. The van der Waals surface area contributed by atoms with Crippen LogP contribution >= 0.6 is 23.2 Å². The zero-order valence-corrected chi connectivity index (χ0v) is 26.9. The van der Waals surface area contributed by atoms with E-state index >= 15 is 0 Å². The predicted molar refractivity (Wildman–Crippen MR) is 159 cm³/mol. The number of pyridine rings is 1. The van der Waals surface area contributed by atoms with E-state index in [0.29, 0.717) is 23.1 Å². The van der Waals surface area contributed by atoms with Gasteiger partial charge >= 0.3 is 24.7 Å². The number of carbonyl (C=O) groups is 2. The van der Waals surface area contributed by atoms with Crippen molar-refractivity contribution in [2.75, 3.05) is 24.2 Å². The standard InChI is InChI=1S/C29H25Cl2F5N2O9S/c1-48(42,43)37-19-7-17(6-18(9-19)29(34,35)36)27(40)45-14-26(39)46-24(10-20-21(30)11-38(41)12-22(20)31)16-4-5-23(47-28(32)33)25(8-16)44-13-15-2-3-15/h4-9,11-12,15,24,28,37H,2-3,10,13-14H2,1H3/t24-/m0/s1. The first kappa shape index (κ1) is 36.7. The fourth-order valence-corrected chi connectivity index (χ4v) is 5.39. The van der Waals surface area contributed by atoms with E-state index < -0.39 is 64.3 Å². The van der Waals surface area contributed by atoms with Gasteiger partial charge in [-0.1, -0.05) is 29.3 Å². The molecule has 4 rings (SSSR count). The molecule has 1 N–H and O–H groups in total. The average Bonchev–Trinajstić information content (AvgIpc) is 3.79. The van der Waals surface area contributed by atoms with Crippen molar-refractivity contribution in [3.8, 4) is 11.5 Å². The van der Waals surface area contributed by atoms with Crippen molar-refractivity contribution in [2.45, 2.75) is 38.2 Å². The molecule has 3 aromatic rings. The van der Waals surface area contributed by atoms with Crippen LogP contribution in [0.15, 0.2) is 48.8 Å². The van der Waals surface area contributed by atoms with Crippen molar-refractivity contribution < 1.29 is 63.6 Å². The smallest absolute Gasteiger partial charge is 0.416 e. The molecule has 1 saturated carbocycles. The third-order valence-corrected chi connectivity index (χ3v) is 7.83. The summed E-state index contributed by atoms with van der Waals surface area (Å²) in [5.74, 6) is -2.83. The topological polar surface area (TPSA) is 144 Å². The Morgan fingerprint density at radius 1 is 1.06 bits per heavy atom. The number of halogens is 7. The predicted octanol–water partition coefficient (Wildman–Crippen LogP) is 6.09. The maximum Gasteiger partial charge on any atom is 0.416 e. The lowest BCUT2D eigenvalue weighted by Crippen LogP contribution is -2.26. The minimum absolute atomic E-state index is 0.0992. The van der Waals surface area contributed by atoms with Gasteiger partial charge in [0.25, 0.3) is 0 Å². The van der Waals surface area contributed by atoms with Gasteiger partial charge in [0.2, 0.25) is 10.0 Å². The largest absolute Gasteiger partial charge is 0.619 e. The molecule has 0 unspecified atom stereocenters. The van der Waals surface area contributed by atoms with Gasteiger partial charge in [-0.15, -0.1) is 0 Å². The first-order valence-electron chi connectivity index (χ1n) is 13.7. The van der Waals surface area contributed by atoms with Gasteiger partial charge in [0.15, 0.2) is 30.5 Å². The Kier molecular flexibility index (Phi) is 11.5. The van der Waals surface area contributed by atoms with E-state index in [0.717, 1.165) is 37.4 Å². The second-order valence-electron chi connectivity index (χ2n) is 10.6. The zero-order valence-electron chi connectivity index (χ0n) is 24.6. The van der Waals surface area contributed by atoms with Crippen molar-refractivity contribution in [1.82, 2.24) is 0 Å². The van der Waals surface area contributed by atoms with Crippen molar-refractivity contribution in [3.05, 3.63) is 86.3 Å². The minimum atomic E-state index is -4.97. The van der Waals surface area contributed by atoms with Gasteiger partial charge in [0, 0.05) is 17.7 Å². The van der Waals surface area contributed by atoms with E-state index in [-0.39, 0.29) is 51.6 Å². The fraction of sp³-hybridized carbons (Fsp3) is 0.345. The zero-order chi connectivity index (χ0) is 35.4. The lowest BCUT2D eigenvalue weighted by Gasteiger charge is -2.21. The van der Waals surface area contributed by atoms with Crippen LogP contribution in [0.1, 0.15) is 46.0 Å². The second kappa shape index (κ2) is 15.0. The summed E-state index contributed by atoms with van der Waals surface area (Å²) in [7, 11) is -4.03. The third kappa shape index (κ3) is 10.7. The van der Waals surface area contributed by atoms with Gasteiger partial charge in [-0.2, -0.15) is 26.7 Å². The van der Waals surface area contributed by atoms with Crippen molar-refractivity contribution in [3.63, 3.8) is 0 Å². The molecule has 0 aliphatic heterocycles. The highest BCUT2D eigenvalue weighted by molar-refractivity contribution is 7.92.